The third kappa shape index (κ3) is 3.07. The lowest BCUT2D eigenvalue weighted by Gasteiger charge is -1.96. The number of halogens is 1. The minimum atomic E-state index is -0.602. The molecule has 0 fully saturated rings. The summed E-state index contributed by atoms with van der Waals surface area (Å²) >= 11 is 2.65. The maximum absolute atomic E-state index is 10.5. The van der Waals surface area contributed by atoms with Gasteiger partial charge in [0.2, 0.25) is 5.84 Å². The molecular weight excluding hydrogens is 188 g/mol. The van der Waals surface area contributed by atoms with Crippen molar-refractivity contribution in [1.82, 2.24) is 0 Å². The first kappa shape index (κ1) is 8.42. The predicted molar refractivity (Wildman–Crippen MR) is 37.2 cm³/mol. The van der Waals surface area contributed by atoms with Crippen molar-refractivity contribution in [3.63, 3.8) is 0 Å². The summed E-state index contributed by atoms with van der Waals surface area (Å²) in [4.78, 5) is 10.5. The van der Waals surface area contributed by atoms with E-state index in [2.05, 4.69) is 24.9 Å². The van der Waals surface area contributed by atoms with E-state index in [1.165, 1.54) is 0 Å². The molecular formula is C4H7BrN2O2. The molecule has 0 aromatic carbocycles. The number of nitrogens with zero attached hydrogens (tertiary/aromatic N) is 1. The normalized spacial score (nSPS) is 11.1. The molecule has 0 radical (unpaired) electrons. The molecule has 0 amide bonds. The molecule has 0 aliphatic carbocycles. The SMILES string of the molecule is CCOC(=O)/C(N)=N/Br. The van der Waals surface area contributed by atoms with Gasteiger partial charge in [-0.15, -0.1) is 0 Å². The molecule has 4 nitrogen and oxygen atoms in total. The van der Waals surface area contributed by atoms with Gasteiger partial charge in [-0.05, 0) is 6.92 Å². The van der Waals surface area contributed by atoms with E-state index in [0.717, 1.165) is 0 Å². The van der Waals surface area contributed by atoms with Crippen molar-refractivity contribution in [3.8, 4) is 0 Å². The van der Waals surface area contributed by atoms with E-state index in [1.807, 2.05) is 0 Å². The fourth-order valence-corrected chi connectivity index (χ4v) is 0.384. The highest BCUT2D eigenvalue weighted by Gasteiger charge is 2.04. The Labute approximate surface area is 61.4 Å². The molecule has 9 heavy (non-hydrogen) atoms. The molecule has 0 unspecified atom stereocenters. The molecule has 5 heteroatoms. The predicted octanol–water partition coefficient (Wildman–Crippen LogP) is 0.217. The van der Waals surface area contributed by atoms with Crippen LogP contribution in [0.25, 0.3) is 0 Å². The minimum absolute atomic E-state index is 0.170. The quantitative estimate of drug-likeness (QED) is 0.369. The van der Waals surface area contributed by atoms with Gasteiger partial charge in [0.05, 0.1) is 22.8 Å². The number of rotatable bonds is 1. The first-order valence-corrected chi connectivity index (χ1v) is 3.04. The number of nitrogens with two attached hydrogens (primary N) is 1. The fourth-order valence-electron chi connectivity index (χ4n) is 0.240. The summed E-state index contributed by atoms with van der Waals surface area (Å²) in [6.45, 7) is 2.00. The fraction of sp³-hybridized carbons (Fsp3) is 0.500. The average molecular weight is 195 g/mol. The minimum Gasteiger partial charge on any atom is -0.460 e. The number of amidine groups is 1. The summed E-state index contributed by atoms with van der Waals surface area (Å²) in [6, 6.07) is 0. The third-order valence-corrected chi connectivity index (χ3v) is 0.958. The molecule has 0 saturated carbocycles. The Morgan fingerprint density at radius 2 is 2.44 bits per heavy atom. The van der Waals surface area contributed by atoms with Crippen molar-refractivity contribution >= 4 is 28.0 Å². The maximum Gasteiger partial charge on any atom is 0.374 e. The molecule has 0 aliphatic heterocycles. The second kappa shape index (κ2) is 4.31. The summed E-state index contributed by atoms with van der Waals surface area (Å²) in [5.74, 6) is -0.772. The first-order chi connectivity index (χ1) is 4.22. The van der Waals surface area contributed by atoms with Crippen molar-refractivity contribution in [2.75, 3.05) is 6.61 Å². The van der Waals surface area contributed by atoms with E-state index in [-0.39, 0.29) is 5.84 Å². The van der Waals surface area contributed by atoms with Crippen LogP contribution in [-0.4, -0.2) is 18.4 Å². The Morgan fingerprint density at radius 1 is 1.89 bits per heavy atom. The first-order valence-electron chi connectivity index (χ1n) is 2.34. The summed E-state index contributed by atoms with van der Waals surface area (Å²) in [5.41, 5.74) is 5.03. The van der Waals surface area contributed by atoms with Crippen LogP contribution in [0.5, 0.6) is 0 Å². The number of hydrogen-bond donors (Lipinski definition) is 1. The van der Waals surface area contributed by atoms with Crippen LogP contribution >= 0.6 is 16.1 Å². The van der Waals surface area contributed by atoms with Crippen molar-refractivity contribution in [2.45, 2.75) is 6.92 Å². The molecule has 0 aromatic rings. The van der Waals surface area contributed by atoms with Crippen LogP contribution in [-0.2, 0) is 9.53 Å². The number of ether oxygens (including phenoxy) is 1. The summed E-state index contributed by atoms with van der Waals surface area (Å²) in [6.07, 6.45) is 0. The van der Waals surface area contributed by atoms with E-state index >= 15 is 0 Å². The van der Waals surface area contributed by atoms with Gasteiger partial charge < -0.3 is 10.5 Å². The van der Waals surface area contributed by atoms with Gasteiger partial charge in [0.25, 0.3) is 0 Å². The van der Waals surface area contributed by atoms with Gasteiger partial charge in [0, 0.05) is 0 Å². The molecule has 0 aromatic heterocycles. The van der Waals surface area contributed by atoms with Crippen molar-refractivity contribution in [1.29, 1.82) is 0 Å². The Morgan fingerprint density at radius 3 is 2.78 bits per heavy atom. The highest BCUT2D eigenvalue weighted by atomic mass is 79.9. The third-order valence-electron chi connectivity index (χ3n) is 0.576. The van der Waals surface area contributed by atoms with Crippen LogP contribution in [0.3, 0.4) is 0 Å². The monoisotopic (exact) mass is 194 g/mol. The van der Waals surface area contributed by atoms with Crippen molar-refractivity contribution in [2.24, 2.45) is 9.75 Å². The Kier molecular flexibility index (Phi) is 4.04. The van der Waals surface area contributed by atoms with Crippen LogP contribution < -0.4 is 5.73 Å². The second-order valence-electron chi connectivity index (χ2n) is 1.19. The van der Waals surface area contributed by atoms with Gasteiger partial charge in [0.1, 0.15) is 0 Å². The van der Waals surface area contributed by atoms with Crippen LogP contribution in [0.4, 0.5) is 0 Å². The molecule has 0 aliphatic rings. The van der Waals surface area contributed by atoms with E-state index in [9.17, 15) is 4.79 Å². The lowest BCUT2D eigenvalue weighted by Crippen LogP contribution is -2.25. The van der Waals surface area contributed by atoms with E-state index < -0.39 is 5.97 Å². The number of hydrogen-bond acceptors (Lipinski definition) is 3. The number of carbonyl (C=O) groups is 1. The number of carbonyl (C=O) groups excluding carboxylic acids is 1. The van der Waals surface area contributed by atoms with Crippen LogP contribution in [0.2, 0.25) is 0 Å². The second-order valence-corrected chi connectivity index (χ2v) is 1.54. The highest BCUT2D eigenvalue weighted by molar-refractivity contribution is 9.08. The van der Waals surface area contributed by atoms with Gasteiger partial charge in [-0.2, -0.15) is 4.02 Å². The number of esters is 1. The molecule has 52 valence electrons. The highest BCUT2D eigenvalue weighted by Crippen LogP contribution is 1.84. The van der Waals surface area contributed by atoms with E-state index in [0.29, 0.717) is 6.61 Å². The van der Waals surface area contributed by atoms with E-state index in [1.54, 1.807) is 6.92 Å². The van der Waals surface area contributed by atoms with E-state index in [4.69, 9.17) is 5.73 Å². The summed E-state index contributed by atoms with van der Waals surface area (Å²) in [7, 11) is 0. The van der Waals surface area contributed by atoms with Gasteiger partial charge in [-0.25, -0.2) is 4.79 Å². The van der Waals surface area contributed by atoms with Gasteiger partial charge in [-0.1, -0.05) is 0 Å². The Hall–Kier alpha value is -0.580. The zero-order valence-electron chi connectivity index (χ0n) is 4.93. The summed E-state index contributed by atoms with van der Waals surface area (Å²) in [5, 5.41) is 0. The standard InChI is InChI=1S/C4H7BrN2O2/c1-2-9-4(8)3(6)7-5/h2H2,1H3,(H2,6,7). The summed E-state index contributed by atoms with van der Waals surface area (Å²) < 4.78 is 7.71. The van der Waals surface area contributed by atoms with Crippen LogP contribution in [0.15, 0.2) is 4.02 Å². The molecule has 0 saturated heterocycles. The maximum atomic E-state index is 10.5. The van der Waals surface area contributed by atoms with Crippen LogP contribution in [0, 0.1) is 0 Å². The Balaban J connectivity index is 3.74. The smallest absolute Gasteiger partial charge is 0.374 e. The van der Waals surface area contributed by atoms with Crippen LogP contribution in [0.1, 0.15) is 6.92 Å². The van der Waals surface area contributed by atoms with Gasteiger partial charge >= 0.3 is 5.97 Å². The molecule has 0 spiro atoms. The molecule has 0 rings (SSSR count). The van der Waals surface area contributed by atoms with Gasteiger partial charge in [0.15, 0.2) is 0 Å². The zero-order valence-corrected chi connectivity index (χ0v) is 6.51. The Bertz CT molecular complexity index is 135. The lowest BCUT2D eigenvalue weighted by atomic mass is 10.6. The topological polar surface area (TPSA) is 64.7 Å². The largest absolute Gasteiger partial charge is 0.460 e. The lowest BCUT2D eigenvalue weighted by molar-refractivity contribution is -0.135. The van der Waals surface area contributed by atoms with Gasteiger partial charge in [-0.3, -0.25) is 0 Å². The van der Waals surface area contributed by atoms with Crippen molar-refractivity contribution < 1.29 is 9.53 Å². The zero-order chi connectivity index (χ0) is 7.28. The average Bonchev–Trinajstić information content (AvgIpc) is 1.87. The molecule has 2 N–H and O–H groups in total. The molecule has 0 bridgehead atoms. The van der Waals surface area contributed by atoms with Crippen molar-refractivity contribution in [3.05, 3.63) is 0 Å². The molecule has 0 heterocycles. The molecule has 0 atom stereocenters.